The summed E-state index contributed by atoms with van der Waals surface area (Å²) in [5, 5.41) is 3.59. The molecule has 3 nitrogen and oxygen atoms in total. The molecule has 0 aromatic heterocycles. The first-order valence-corrected chi connectivity index (χ1v) is 7.63. The van der Waals surface area contributed by atoms with Crippen molar-refractivity contribution in [1.82, 2.24) is 5.32 Å². The van der Waals surface area contributed by atoms with E-state index in [4.69, 9.17) is 9.47 Å². The van der Waals surface area contributed by atoms with Crippen molar-refractivity contribution in [2.75, 3.05) is 33.0 Å². The van der Waals surface area contributed by atoms with Gasteiger partial charge in [0.25, 0.3) is 0 Å². The number of hydrogen-bond donors (Lipinski definition) is 1. The highest BCUT2D eigenvalue weighted by Gasteiger charge is 2.25. The van der Waals surface area contributed by atoms with Crippen LogP contribution >= 0.6 is 0 Å². The number of hydrogen-bond acceptors (Lipinski definition) is 3. The third-order valence-corrected chi connectivity index (χ3v) is 3.58. The zero-order valence-electron chi connectivity index (χ0n) is 12.4. The summed E-state index contributed by atoms with van der Waals surface area (Å²) in [5.74, 6) is 1.44. The smallest absolute Gasteiger partial charge is 0.0700 e. The molecule has 1 fully saturated rings. The van der Waals surface area contributed by atoms with Gasteiger partial charge in [0.15, 0.2) is 0 Å². The zero-order chi connectivity index (χ0) is 13.2. The average molecular weight is 257 g/mol. The maximum Gasteiger partial charge on any atom is 0.0700 e. The molecule has 1 rings (SSSR count). The monoisotopic (exact) mass is 257 g/mol. The Labute approximate surface area is 113 Å². The van der Waals surface area contributed by atoms with Crippen LogP contribution in [0.15, 0.2) is 0 Å². The van der Waals surface area contributed by atoms with Crippen molar-refractivity contribution in [3.05, 3.63) is 0 Å². The molecule has 0 bridgehead atoms. The van der Waals surface area contributed by atoms with E-state index in [0.717, 1.165) is 44.9 Å². The van der Waals surface area contributed by atoms with E-state index in [9.17, 15) is 0 Å². The molecule has 0 heterocycles. The van der Waals surface area contributed by atoms with E-state index in [0.29, 0.717) is 5.92 Å². The molecule has 1 aliphatic rings. The second-order valence-corrected chi connectivity index (χ2v) is 5.72. The van der Waals surface area contributed by atoms with Crippen LogP contribution in [0.1, 0.15) is 46.5 Å². The van der Waals surface area contributed by atoms with Crippen LogP contribution in [0.25, 0.3) is 0 Å². The Kier molecular flexibility index (Phi) is 8.64. The summed E-state index contributed by atoms with van der Waals surface area (Å²) in [6, 6.07) is 0.732. The maximum atomic E-state index is 5.65. The molecule has 0 radical (unpaired) electrons. The number of ether oxygens (including phenoxy) is 2. The van der Waals surface area contributed by atoms with E-state index in [1.165, 1.54) is 25.7 Å². The van der Waals surface area contributed by atoms with Crippen LogP contribution in [0.3, 0.4) is 0 Å². The van der Waals surface area contributed by atoms with Gasteiger partial charge in [-0.25, -0.2) is 0 Å². The van der Waals surface area contributed by atoms with E-state index in [2.05, 4.69) is 26.1 Å². The Morgan fingerprint density at radius 3 is 2.61 bits per heavy atom. The van der Waals surface area contributed by atoms with Crippen molar-refractivity contribution in [2.24, 2.45) is 11.8 Å². The molecule has 0 aliphatic heterocycles. The third-order valence-electron chi connectivity index (χ3n) is 3.58. The predicted octanol–water partition coefficient (Wildman–Crippen LogP) is 2.84. The average Bonchev–Trinajstić information content (AvgIpc) is 2.76. The number of rotatable bonds is 10. The first-order chi connectivity index (χ1) is 8.74. The molecule has 0 aromatic carbocycles. The molecular formula is C15H31NO2. The second-order valence-electron chi connectivity index (χ2n) is 5.72. The third kappa shape index (κ3) is 6.72. The SMILES string of the molecule is CCNC1CCCC1CCOCCOCC(C)C. The van der Waals surface area contributed by atoms with Crippen LogP contribution in [0, 0.1) is 11.8 Å². The summed E-state index contributed by atoms with van der Waals surface area (Å²) < 4.78 is 11.1. The van der Waals surface area contributed by atoms with Crippen LogP contribution in [0.5, 0.6) is 0 Å². The van der Waals surface area contributed by atoms with E-state index in [1.54, 1.807) is 0 Å². The summed E-state index contributed by atoms with van der Waals surface area (Å²) in [5.41, 5.74) is 0. The van der Waals surface area contributed by atoms with Gasteiger partial charge in [0.1, 0.15) is 0 Å². The minimum Gasteiger partial charge on any atom is -0.379 e. The van der Waals surface area contributed by atoms with Crippen molar-refractivity contribution in [3.8, 4) is 0 Å². The fourth-order valence-corrected chi connectivity index (χ4v) is 2.69. The molecule has 0 saturated heterocycles. The van der Waals surface area contributed by atoms with Crippen molar-refractivity contribution in [3.63, 3.8) is 0 Å². The quantitative estimate of drug-likeness (QED) is 0.610. The lowest BCUT2D eigenvalue weighted by Crippen LogP contribution is -2.32. The summed E-state index contributed by atoms with van der Waals surface area (Å²) in [4.78, 5) is 0. The largest absolute Gasteiger partial charge is 0.379 e. The van der Waals surface area contributed by atoms with Gasteiger partial charge in [-0.05, 0) is 37.6 Å². The molecule has 1 N–H and O–H groups in total. The molecule has 1 aliphatic carbocycles. The van der Waals surface area contributed by atoms with Crippen molar-refractivity contribution < 1.29 is 9.47 Å². The van der Waals surface area contributed by atoms with Gasteiger partial charge in [0.2, 0.25) is 0 Å². The first kappa shape index (κ1) is 15.9. The van der Waals surface area contributed by atoms with Crippen molar-refractivity contribution >= 4 is 0 Å². The molecule has 2 unspecified atom stereocenters. The fraction of sp³-hybridized carbons (Fsp3) is 1.00. The fourth-order valence-electron chi connectivity index (χ4n) is 2.69. The maximum absolute atomic E-state index is 5.65. The van der Waals surface area contributed by atoms with Crippen LogP contribution < -0.4 is 5.32 Å². The van der Waals surface area contributed by atoms with Gasteiger partial charge in [-0.3, -0.25) is 0 Å². The Morgan fingerprint density at radius 1 is 1.11 bits per heavy atom. The van der Waals surface area contributed by atoms with Crippen molar-refractivity contribution in [2.45, 2.75) is 52.5 Å². The van der Waals surface area contributed by atoms with E-state index >= 15 is 0 Å². The number of nitrogens with one attached hydrogen (secondary N) is 1. The van der Waals surface area contributed by atoms with E-state index < -0.39 is 0 Å². The second kappa shape index (κ2) is 9.76. The minimum absolute atomic E-state index is 0.615. The van der Waals surface area contributed by atoms with E-state index in [-0.39, 0.29) is 0 Å². The molecule has 108 valence electrons. The molecular weight excluding hydrogens is 226 g/mol. The summed E-state index contributed by atoms with van der Waals surface area (Å²) >= 11 is 0. The lowest BCUT2D eigenvalue weighted by Gasteiger charge is -2.20. The molecule has 1 saturated carbocycles. The minimum atomic E-state index is 0.615. The molecule has 3 heteroatoms. The van der Waals surface area contributed by atoms with Crippen LogP contribution in [0.2, 0.25) is 0 Å². The summed E-state index contributed by atoms with van der Waals surface area (Å²) in [7, 11) is 0. The predicted molar refractivity (Wildman–Crippen MR) is 75.9 cm³/mol. The van der Waals surface area contributed by atoms with E-state index in [1.807, 2.05) is 0 Å². The summed E-state index contributed by atoms with van der Waals surface area (Å²) in [6.45, 7) is 10.8. The Hall–Kier alpha value is -0.120. The Bertz CT molecular complexity index is 197. The highest BCUT2D eigenvalue weighted by Crippen LogP contribution is 2.28. The lowest BCUT2D eigenvalue weighted by molar-refractivity contribution is 0.0329. The molecule has 2 atom stereocenters. The van der Waals surface area contributed by atoms with Gasteiger partial charge in [0.05, 0.1) is 13.2 Å². The normalized spacial score (nSPS) is 24.0. The standard InChI is InChI=1S/C15H31NO2/c1-4-16-15-7-5-6-14(15)8-9-17-10-11-18-12-13(2)3/h13-16H,4-12H2,1-3H3. The van der Waals surface area contributed by atoms with Gasteiger partial charge in [0, 0.05) is 19.3 Å². The molecule has 0 spiro atoms. The van der Waals surface area contributed by atoms with Gasteiger partial charge in [-0.15, -0.1) is 0 Å². The van der Waals surface area contributed by atoms with Gasteiger partial charge < -0.3 is 14.8 Å². The summed E-state index contributed by atoms with van der Waals surface area (Å²) in [6.07, 6.45) is 5.28. The van der Waals surface area contributed by atoms with Crippen LogP contribution in [0.4, 0.5) is 0 Å². The lowest BCUT2D eigenvalue weighted by atomic mass is 10.0. The molecule has 18 heavy (non-hydrogen) atoms. The van der Waals surface area contributed by atoms with Crippen molar-refractivity contribution in [1.29, 1.82) is 0 Å². The molecule has 0 aromatic rings. The topological polar surface area (TPSA) is 30.5 Å². The van der Waals surface area contributed by atoms with Crippen LogP contribution in [-0.4, -0.2) is 39.0 Å². The van der Waals surface area contributed by atoms with Gasteiger partial charge in [-0.2, -0.15) is 0 Å². The van der Waals surface area contributed by atoms with Crippen LogP contribution in [-0.2, 0) is 9.47 Å². The van der Waals surface area contributed by atoms with Gasteiger partial charge in [-0.1, -0.05) is 27.2 Å². The molecule has 0 amide bonds. The Balaban J connectivity index is 1.94. The van der Waals surface area contributed by atoms with Gasteiger partial charge >= 0.3 is 0 Å². The Morgan fingerprint density at radius 2 is 1.89 bits per heavy atom. The zero-order valence-corrected chi connectivity index (χ0v) is 12.4. The first-order valence-electron chi connectivity index (χ1n) is 7.63. The highest BCUT2D eigenvalue weighted by atomic mass is 16.5. The highest BCUT2D eigenvalue weighted by molar-refractivity contribution is 4.82.